The Morgan fingerprint density at radius 3 is 2.62 bits per heavy atom. The third-order valence-corrected chi connectivity index (χ3v) is 3.78. The molecule has 0 radical (unpaired) electrons. The van der Waals surface area contributed by atoms with Crippen molar-refractivity contribution in [2.45, 2.75) is 6.92 Å². The number of aryl methyl sites for hydroxylation is 1. The Balaban J connectivity index is 2.48. The molecular formula is C14H11BrN2O4. The Bertz CT molecular complexity index is 731. The average Bonchev–Trinajstić information content (AvgIpc) is 2.42. The van der Waals surface area contributed by atoms with Gasteiger partial charge < -0.3 is 10.4 Å². The van der Waals surface area contributed by atoms with Crippen molar-refractivity contribution in [2.24, 2.45) is 0 Å². The van der Waals surface area contributed by atoms with Crippen LogP contribution in [0, 0.1) is 17.0 Å². The number of anilines is 2. The molecule has 0 aliphatic carbocycles. The first kappa shape index (κ1) is 15.0. The summed E-state index contributed by atoms with van der Waals surface area (Å²) in [5, 5.41) is 23.1. The van der Waals surface area contributed by atoms with Gasteiger partial charge in [-0.25, -0.2) is 4.79 Å². The predicted molar refractivity (Wildman–Crippen MR) is 82.2 cm³/mol. The van der Waals surface area contributed by atoms with E-state index in [9.17, 15) is 14.9 Å². The minimum Gasteiger partial charge on any atom is -0.477 e. The highest BCUT2D eigenvalue weighted by molar-refractivity contribution is 9.10. The van der Waals surface area contributed by atoms with E-state index in [0.717, 1.165) is 10.0 Å². The highest BCUT2D eigenvalue weighted by atomic mass is 79.9. The van der Waals surface area contributed by atoms with Gasteiger partial charge in [0.2, 0.25) is 0 Å². The van der Waals surface area contributed by atoms with Gasteiger partial charge in [-0.15, -0.1) is 0 Å². The number of hydrogen-bond acceptors (Lipinski definition) is 4. The molecule has 0 aliphatic rings. The van der Waals surface area contributed by atoms with Crippen LogP contribution < -0.4 is 5.32 Å². The summed E-state index contributed by atoms with van der Waals surface area (Å²) in [4.78, 5) is 21.5. The maximum Gasteiger partial charge on any atom is 0.342 e. The number of hydrogen-bond donors (Lipinski definition) is 2. The van der Waals surface area contributed by atoms with Gasteiger partial charge in [0.15, 0.2) is 0 Å². The van der Waals surface area contributed by atoms with E-state index in [1.165, 1.54) is 18.2 Å². The van der Waals surface area contributed by atoms with Gasteiger partial charge in [0.05, 0.1) is 4.92 Å². The van der Waals surface area contributed by atoms with Crippen LogP contribution in [0.5, 0.6) is 0 Å². The lowest BCUT2D eigenvalue weighted by atomic mass is 10.1. The molecular weight excluding hydrogens is 340 g/mol. The second kappa shape index (κ2) is 5.92. The molecule has 0 aliphatic heterocycles. The number of aromatic carboxylic acids is 1. The number of carboxylic acid groups (broad SMARTS) is 1. The van der Waals surface area contributed by atoms with Crippen molar-refractivity contribution >= 4 is 39.0 Å². The number of halogens is 1. The maximum absolute atomic E-state index is 11.2. The normalized spacial score (nSPS) is 10.2. The Hall–Kier alpha value is -2.41. The quantitative estimate of drug-likeness (QED) is 0.639. The molecule has 2 rings (SSSR count). The van der Waals surface area contributed by atoms with Crippen LogP contribution in [0.4, 0.5) is 17.1 Å². The van der Waals surface area contributed by atoms with Crippen molar-refractivity contribution in [1.29, 1.82) is 0 Å². The van der Waals surface area contributed by atoms with Crippen LogP contribution in [-0.4, -0.2) is 16.0 Å². The molecule has 0 amide bonds. The first-order chi connectivity index (χ1) is 9.90. The highest BCUT2D eigenvalue weighted by Crippen LogP contribution is 2.32. The number of carbonyl (C=O) groups is 1. The molecule has 108 valence electrons. The fourth-order valence-electron chi connectivity index (χ4n) is 1.89. The summed E-state index contributed by atoms with van der Waals surface area (Å²) in [5.74, 6) is -1.34. The monoisotopic (exact) mass is 350 g/mol. The van der Waals surface area contributed by atoms with Crippen LogP contribution >= 0.6 is 15.9 Å². The number of nitro benzene ring substituents is 1. The predicted octanol–water partition coefficient (Wildman–Crippen LogP) is 4.11. The number of nitro groups is 1. The number of rotatable bonds is 4. The van der Waals surface area contributed by atoms with E-state index in [-0.39, 0.29) is 11.3 Å². The second-order valence-electron chi connectivity index (χ2n) is 4.35. The Morgan fingerprint density at radius 2 is 2.05 bits per heavy atom. The molecule has 0 fully saturated rings. The van der Waals surface area contributed by atoms with Gasteiger partial charge in [0, 0.05) is 10.2 Å². The summed E-state index contributed by atoms with van der Waals surface area (Å²) in [6, 6.07) is 9.50. The molecule has 7 heteroatoms. The van der Waals surface area contributed by atoms with Crippen LogP contribution in [0.3, 0.4) is 0 Å². The third kappa shape index (κ3) is 3.19. The van der Waals surface area contributed by atoms with E-state index >= 15 is 0 Å². The van der Waals surface area contributed by atoms with E-state index in [2.05, 4.69) is 21.2 Å². The summed E-state index contributed by atoms with van der Waals surface area (Å²) in [7, 11) is 0. The van der Waals surface area contributed by atoms with E-state index < -0.39 is 16.6 Å². The Kier molecular flexibility index (Phi) is 4.23. The molecule has 0 bridgehead atoms. The fraction of sp³-hybridized carbons (Fsp3) is 0.0714. The molecule has 0 aromatic heterocycles. The van der Waals surface area contributed by atoms with Gasteiger partial charge in [0.25, 0.3) is 0 Å². The number of benzene rings is 2. The number of carboxylic acids is 1. The zero-order valence-corrected chi connectivity index (χ0v) is 12.5. The minimum atomic E-state index is -1.34. The first-order valence-electron chi connectivity index (χ1n) is 5.94. The molecule has 0 unspecified atom stereocenters. The van der Waals surface area contributed by atoms with E-state index in [1.54, 1.807) is 12.1 Å². The van der Waals surface area contributed by atoms with Crippen LogP contribution in [0.2, 0.25) is 0 Å². The van der Waals surface area contributed by atoms with Crippen molar-refractivity contribution < 1.29 is 14.8 Å². The SMILES string of the molecule is Cc1cc(Nc2cccc(C(=O)O)c2[N+](=O)[O-])ccc1Br. The zero-order valence-electron chi connectivity index (χ0n) is 11.0. The maximum atomic E-state index is 11.2. The smallest absolute Gasteiger partial charge is 0.342 e. The summed E-state index contributed by atoms with van der Waals surface area (Å²) < 4.78 is 0.918. The van der Waals surface area contributed by atoms with E-state index in [1.807, 2.05) is 13.0 Å². The molecule has 0 heterocycles. The lowest BCUT2D eigenvalue weighted by molar-refractivity contribution is -0.384. The lowest BCUT2D eigenvalue weighted by Gasteiger charge is -2.10. The van der Waals surface area contributed by atoms with Crippen molar-refractivity contribution in [3.05, 3.63) is 62.1 Å². The Labute approximate surface area is 128 Å². The van der Waals surface area contributed by atoms with Crippen molar-refractivity contribution in [1.82, 2.24) is 0 Å². The zero-order chi connectivity index (χ0) is 15.6. The largest absolute Gasteiger partial charge is 0.477 e. The van der Waals surface area contributed by atoms with Gasteiger partial charge in [0.1, 0.15) is 11.3 Å². The van der Waals surface area contributed by atoms with Crippen LogP contribution in [-0.2, 0) is 0 Å². The van der Waals surface area contributed by atoms with Gasteiger partial charge in [-0.3, -0.25) is 10.1 Å². The summed E-state index contributed by atoms with van der Waals surface area (Å²) in [6.45, 7) is 1.89. The number of nitrogens with one attached hydrogen (secondary N) is 1. The summed E-state index contributed by atoms with van der Waals surface area (Å²) in [5.41, 5.74) is 0.935. The molecule has 6 nitrogen and oxygen atoms in total. The van der Waals surface area contributed by atoms with Crippen LogP contribution in [0.15, 0.2) is 40.9 Å². The van der Waals surface area contributed by atoms with Crippen LogP contribution in [0.25, 0.3) is 0 Å². The molecule has 2 aromatic carbocycles. The van der Waals surface area contributed by atoms with E-state index in [0.29, 0.717) is 5.69 Å². The molecule has 0 atom stereocenters. The fourth-order valence-corrected chi connectivity index (χ4v) is 2.14. The molecule has 0 saturated carbocycles. The number of nitrogens with zero attached hydrogens (tertiary/aromatic N) is 1. The third-order valence-electron chi connectivity index (χ3n) is 2.89. The van der Waals surface area contributed by atoms with Gasteiger partial charge in [-0.1, -0.05) is 22.0 Å². The molecule has 2 aromatic rings. The van der Waals surface area contributed by atoms with Crippen molar-refractivity contribution in [3.63, 3.8) is 0 Å². The molecule has 21 heavy (non-hydrogen) atoms. The van der Waals surface area contributed by atoms with Gasteiger partial charge >= 0.3 is 11.7 Å². The average molecular weight is 351 g/mol. The standard InChI is InChI=1S/C14H11BrN2O4/c1-8-7-9(5-6-11(8)15)16-12-4-2-3-10(14(18)19)13(12)17(20)21/h2-7,16H,1H3,(H,18,19). The van der Waals surface area contributed by atoms with Crippen molar-refractivity contribution in [3.8, 4) is 0 Å². The molecule has 0 saturated heterocycles. The van der Waals surface area contributed by atoms with Gasteiger partial charge in [-0.2, -0.15) is 0 Å². The summed E-state index contributed by atoms with van der Waals surface area (Å²) >= 11 is 3.37. The van der Waals surface area contributed by atoms with Gasteiger partial charge in [-0.05, 0) is 42.8 Å². The molecule has 2 N–H and O–H groups in total. The van der Waals surface area contributed by atoms with Crippen molar-refractivity contribution in [2.75, 3.05) is 5.32 Å². The first-order valence-corrected chi connectivity index (χ1v) is 6.73. The molecule has 0 spiro atoms. The van der Waals surface area contributed by atoms with Crippen LogP contribution in [0.1, 0.15) is 15.9 Å². The minimum absolute atomic E-state index is 0.140. The number of para-hydroxylation sites is 1. The topological polar surface area (TPSA) is 92.5 Å². The Morgan fingerprint density at radius 1 is 1.33 bits per heavy atom. The summed E-state index contributed by atoms with van der Waals surface area (Å²) in [6.07, 6.45) is 0. The lowest BCUT2D eigenvalue weighted by Crippen LogP contribution is -2.05. The van der Waals surface area contributed by atoms with E-state index in [4.69, 9.17) is 5.11 Å². The second-order valence-corrected chi connectivity index (χ2v) is 5.21. The highest BCUT2D eigenvalue weighted by Gasteiger charge is 2.24.